The van der Waals surface area contributed by atoms with Gasteiger partial charge in [-0.15, -0.1) is 0 Å². The maximum Gasteiger partial charge on any atom is 0.325 e. The molecule has 0 spiro atoms. The number of aliphatic hydroxyl groups excluding tert-OH is 1. The van der Waals surface area contributed by atoms with Crippen LogP contribution in [0, 0.1) is 18.3 Å². The molecule has 7 heteroatoms. The molecule has 0 aromatic heterocycles. The van der Waals surface area contributed by atoms with Crippen LogP contribution in [-0.4, -0.2) is 47.4 Å². The van der Waals surface area contributed by atoms with Crippen molar-refractivity contribution in [3.8, 4) is 6.07 Å². The number of rotatable bonds is 2. The number of aliphatic hydroxyl groups is 1. The normalized spacial score (nSPS) is 27.2. The summed E-state index contributed by atoms with van der Waals surface area (Å²) in [4.78, 5) is 15.5. The summed E-state index contributed by atoms with van der Waals surface area (Å²) in [5, 5.41) is 19.3. The summed E-state index contributed by atoms with van der Waals surface area (Å²) < 4.78 is 13.6. The number of amides is 2. The summed E-state index contributed by atoms with van der Waals surface area (Å²) in [7, 11) is 0. The molecule has 22 heavy (non-hydrogen) atoms. The average Bonchev–Trinajstić information content (AvgIpc) is 3.01. The Bertz CT molecular complexity index is 675. The largest absolute Gasteiger partial charge is 0.391 e. The van der Waals surface area contributed by atoms with Gasteiger partial charge in [0.25, 0.3) is 0 Å². The molecular formula is C15H15ClFN3O2. The number of anilines is 1. The van der Waals surface area contributed by atoms with Gasteiger partial charge in [-0.25, -0.2) is 9.18 Å². The molecule has 2 heterocycles. The first kappa shape index (κ1) is 15.1. The van der Waals surface area contributed by atoms with Crippen LogP contribution < -0.4 is 4.90 Å². The van der Waals surface area contributed by atoms with E-state index in [9.17, 15) is 14.3 Å². The zero-order chi connectivity index (χ0) is 16.0. The zero-order valence-corrected chi connectivity index (χ0v) is 12.7. The van der Waals surface area contributed by atoms with Gasteiger partial charge in [0.15, 0.2) is 0 Å². The minimum atomic E-state index is -0.749. The third-order valence-electron chi connectivity index (χ3n) is 4.49. The lowest BCUT2D eigenvalue weighted by molar-refractivity contribution is 0.125. The molecule has 0 radical (unpaired) electrons. The van der Waals surface area contributed by atoms with Crippen LogP contribution in [-0.2, 0) is 0 Å². The molecule has 1 N–H and O–H groups in total. The highest BCUT2D eigenvalue weighted by Crippen LogP contribution is 2.39. The van der Waals surface area contributed by atoms with E-state index in [1.54, 1.807) is 13.0 Å². The Kier molecular flexibility index (Phi) is 3.71. The molecule has 2 saturated heterocycles. The predicted octanol–water partition coefficient (Wildman–Crippen LogP) is 2.23. The van der Waals surface area contributed by atoms with Gasteiger partial charge in [0.2, 0.25) is 0 Å². The molecule has 3 rings (SSSR count). The third-order valence-corrected chi connectivity index (χ3v) is 4.98. The Morgan fingerprint density at radius 1 is 1.55 bits per heavy atom. The quantitative estimate of drug-likeness (QED) is 0.907. The average molecular weight is 324 g/mol. The van der Waals surface area contributed by atoms with Crippen molar-refractivity contribution in [1.29, 1.82) is 5.26 Å². The topological polar surface area (TPSA) is 67.6 Å². The number of urea groups is 1. The summed E-state index contributed by atoms with van der Waals surface area (Å²) in [5.41, 5.74) is 1.35. The molecule has 1 aromatic carbocycles. The lowest BCUT2D eigenvalue weighted by atomic mass is 10.0. The molecule has 2 aliphatic heterocycles. The van der Waals surface area contributed by atoms with Crippen LogP contribution in [0.5, 0.6) is 0 Å². The molecule has 0 unspecified atom stereocenters. The Morgan fingerprint density at radius 2 is 2.27 bits per heavy atom. The minimum Gasteiger partial charge on any atom is -0.391 e. The Hall–Kier alpha value is -1.84. The molecule has 5 nitrogen and oxygen atoms in total. The van der Waals surface area contributed by atoms with Crippen LogP contribution in [0.4, 0.5) is 14.9 Å². The van der Waals surface area contributed by atoms with Crippen LogP contribution in [0.1, 0.15) is 17.5 Å². The first-order valence-electron chi connectivity index (χ1n) is 7.04. The van der Waals surface area contributed by atoms with Crippen molar-refractivity contribution in [2.24, 2.45) is 0 Å². The van der Waals surface area contributed by atoms with Crippen LogP contribution in [0.3, 0.4) is 0 Å². The molecule has 0 aliphatic carbocycles. The van der Waals surface area contributed by atoms with E-state index in [0.717, 1.165) is 0 Å². The summed E-state index contributed by atoms with van der Waals surface area (Å²) >= 11 is 6.15. The molecule has 2 aliphatic rings. The second-order valence-electron chi connectivity index (χ2n) is 5.60. The monoisotopic (exact) mass is 323 g/mol. The second kappa shape index (κ2) is 5.41. The zero-order valence-electron chi connectivity index (χ0n) is 12.0. The van der Waals surface area contributed by atoms with Gasteiger partial charge in [-0.3, -0.25) is 4.90 Å². The minimum absolute atomic E-state index is 0.262. The van der Waals surface area contributed by atoms with Crippen molar-refractivity contribution in [2.45, 2.75) is 31.5 Å². The Balaban J connectivity index is 2.07. The van der Waals surface area contributed by atoms with Crippen molar-refractivity contribution < 1.29 is 14.3 Å². The summed E-state index contributed by atoms with van der Waals surface area (Å²) in [6.07, 6.45) is -0.253. The van der Waals surface area contributed by atoms with Gasteiger partial charge < -0.3 is 10.0 Å². The van der Waals surface area contributed by atoms with E-state index in [1.807, 2.05) is 6.07 Å². The van der Waals surface area contributed by atoms with Crippen LogP contribution in [0.25, 0.3) is 0 Å². The SMILES string of the molecule is Cc1c(N2C(=O)N3CC[C@H](O)[C@H]3[C@@H]2CF)ccc(C#N)c1Cl. The van der Waals surface area contributed by atoms with E-state index < -0.39 is 24.9 Å². The Morgan fingerprint density at radius 3 is 2.91 bits per heavy atom. The summed E-state index contributed by atoms with van der Waals surface area (Å²) in [5.74, 6) is 0. The fourth-order valence-electron chi connectivity index (χ4n) is 3.38. The number of hydrogen-bond acceptors (Lipinski definition) is 3. The molecule has 0 bridgehead atoms. The van der Waals surface area contributed by atoms with Crippen molar-refractivity contribution in [1.82, 2.24) is 4.90 Å². The molecule has 116 valence electrons. The maximum atomic E-state index is 13.6. The predicted molar refractivity (Wildman–Crippen MR) is 79.7 cm³/mol. The fourth-order valence-corrected chi connectivity index (χ4v) is 3.59. The Labute approximate surface area is 132 Å². The van der Waals surface area contributed by atoms with Crippen LogP contribution in [0.15, 0.2) is 12.1 Å². The number of carbonyl (C=O) groups is 1. The van der Waals surface area contributed by atoms with Gasteiger partial charge in [-0.2, -0.15) is 5.26 Å². The standard InChI is InChI=1S/C15H15ClFN3O2/c1-8-10(3-2-9(7-18)13(8)16)20-11(6-17)14-12(21)4-5-19(14)15(20)22/h2-3,11-12,14,21H,4-6H2,1H3/t11-,12-,14+/m0/s1. The third kappa shape index (κ3) is 1.97. The number of nitriles is 1. The highest BCUT2D eigenvalue weighted by Gasteiger charge is 2.52. The van der Waals surface area contributed by atoms with Crippen LogP contribution in [0.2, 0.25) is 5.02 Å². The fraction of sp³-hybridized carbons (Fsp3) is 0.467. The lowest BCUT2D eigenvalue weighted by Crippen LogP contribution is -2.43. The van der Waals surface area contributed by atoms with Crippen molar-refractivity contribution in [2.75, 3.05) is 18.1 Å². The van der Waals surface area contributed by atoms with Gasteiger partial charge in [0.05, 0.1) is 34.5 Å². The van der Waals surface area contributed by atoms with E-state index in [0.29, 0.717) is 29.8 Å². The first-order chi connectivity index (χ1) is 10.5. The van der Waals surface area contributed by atoms with E-state index in [4.69, 9.17) is 16.9 Å². The summed E-state index contributed by atoms with van der Waals surface area (Å²) in [6.45, 7) is 1.36. The van der Waals surface area contributed by atoms with E-state index in [-0.39, 0.29) is 11.1 Å². The molecule has 2 amide bonds. The number of benzene rings is 1. The van der Waals surface area contributed by atoms with Gasteiger partial charge in [0, 0.05) is 6.54 Å². The number of carbonyl (C=O) groups excluding carboxylic acids is 1. The first-order valence-corrected chi connectivity index (χ1v) is 7.42. The maximum absolute atomic E-state index is 13.6. The van der Waals surface area contributed by atoms with Gasteiger partial charge in [0.1, 0.15) is 12.7 Å². The van der Waals surface area contributed by atoms with E-state index in [2.05, 4.69) is 0 Å². The van der Waals surface area contributed by atoms with E-state index >= 15 is 0 Å². The lowest BCUT2D eigenvalue weighted by Gasteiger charge is -2.26. The number of hydrogen-bond donors (Lipinski definition) is 1. The number of alkyl halides is 1. The molecule has 0 saturated carbocycles. The number of nitrogens with zero attached hydrogens (tertiary/aromatic N) is 3. The highest BCUT2D eigenvalue weighted by atomic mass is 35.5. The van der Waals surface area contributed by atoms with Crippen LogP contribution >= 0.6 is 11.6 Å². The van der Waals surface area contributed by atoms with Gasteiger partial charge >= 0.3 is 6.03 Å². The van der Waals surface area contributed by atoms with Gasteiger partial charge in [-0.1, -0.05) is 11.6 Å². The molecule has 2 fully saturated rings. The number of halogens is 2. The molecule has 1 aromatic rings. The summed E-state index contributed by atoms with van der Waals surface area (Å²) in [6, 6.07) is 3.50. The van der Waals surface area contributed by atoms with Crippen molar-refractivity contribution >= 4 is 23.3 Å². The van der Waals surface area contributed by atoms with E-state index in [1.165, 1.54) is 15.9 Å². The molecular weight excluding hydrogens is 309 g/mol. The smallest absolute Gasteiger partial charge is 0.325 e. The van der Waals surface area contributed by atoms with Gasteiger partial charge in [-0.05, 0) is 31.0 Å². The van der Waals surface area contributed by atoms with Crippen molar-refractivity contribution in [3.63, 3.8) is 0 Å². The number of fused-ring (bicyclic) bond motifs is 1. The molecule has 3 atom stereocenters. The van der Waals surface area contributed by atoms with Crippen molar-refractivity contribution in [3.05, 3.63) is 28.3 Å². The highest BCUT2D eigenvalue weighted by molar-refractivity contribution is 6.33. The second-order valence-corrected chi connectivity index (χ2v) is 5.98.